The predicted molar refractivity (Wildman–Crippen MR) is 74.3 cm³/mol. The van der Waals surface area contributed by atoms with E-state index in [1.165, 1.54) is 9.35 Å². The lowest BCUT2D eigenvalue weighted by Gasteiger charge is -2.35. The number of likely N-dealkylation sites (N-methyl/N-ethyl adjacent to an activating group) is 1. The molecule has 2 unspecified atom stereocenters. The maximum atomic E-state index is 5.66. The number of hydrogen-bond acceptors (Lipinski definition) is 3. The molecule has 16 heavy (non-hydrogen) atoms. The largest absolute Gasteiger partial charge is 0.377 e. The highest BCUT2D eigenvalue weighted by Crippen LogP contribution is 2.28. The Kier molecular flexibility index (Phi) is 5.44. The molecule has 0 aromatic carbocycles. The quantitative estimate of drug-likeness (QED) is 0.869. The summed E-state index contributed by atoms with van der Waals surface area (Å²) >= 11 is 5.36. The van der Waals surface area contributed by atoms with Gasteiger partial charge < -0.3 is 10.1 Å². The number of thiophene rings is 1. The Morgan fingerprint density at radius 1 is 1.62 bits per heavy atom. The number of nitrogens with one attached hydrogen (secondary N) is 1. The predicted octanol–water partition coefficient (Wildman–Crippen LogP) is 3.46. The molecule has 0 bridgehead atoms. The third-order valence-corrected chi connectivity index (χ3v) is 5.28. The molecule has 0 aliphatic rings. The molecule has 0 amide bonds. The van der Waals surface area contributed by atoms with Crippen molar-refractivity contribution >= 4 is 27.3 Å². The fraction of sp³-hybridized carbons (Fsp3) is 0.667. The van der Waals surface area contributed by atoms with Gasteiger partial charge in [-0.1, -0.05) is 6.92 Å². The van der Waals surface area contributed by atoms with E-state index < -0.39 is 0 Å². The highest BCUT2D eigenvalue weighted by Gasteiger charge is 2.32. The maximum absolute atomic E-state index is 5.66. The van der Waals surface area contributed by atoms with E-state index in [1.54, 1.807) is 18.4 Å². The molecule has 2 atom stereocenters. The van der Waals surface area contributed by atoms with Gasteiger partial charge in [0.25, 0.3) is 0 Å². The summed E-state index contributed by atoms with van der Waals surface area (Å²) in [6.07, 6.45) is 1.99. The lowest BCUT2D eigenvalue weighted by Crippen LogP contribution is -2.49. The van der Waals surface area contributed by atoms with E-state index in [0.717, 1.165) is 12.8 Å². The standard InChI is InChI=1S/C12H20BrNOS/c1-5-12(2,15-4)11(14-3)8-10-9(13)6-7-16-10/h6-7,11,14H,5,8H2,1-4H3. The second kappa shape index (κ2) is 6.15. The normalized spacial score (nSPS) is 17.1. The highest BCUT2D eigenvalue weighted by atomic mass is 79.9. The van der Waals surface area contributed by atoms with Crippen LogP contribution in [-0.4, -0.2) is 25.8 Å². The van der Waals surface area contributed by atoms with Crippen LogP contribution in [0.3, 0.4) is 0 Å². The molecule has 1 heterocycles. The minimum absolute atomic E-state index is 0.113. The third-order valence-electron chi connectivity index (χ3n) is 3.33. The Morgan fingerprint density at radius 3 is 2.69 bits per heavy atom. The molecule has 92 valence electrons. The molecule has 2 nitrogen and oxygen atoms in total. The molecule has 0 aliphatic carbocycles. The minimum atomic E-state index is -0.113. The molecule has 0 saturated carbocycles. The lowest BCUT2D eigenvalue weighted by atomic mass is 9.90. The summed E-state index contributed by atoms with van der Waals surface area (Å²) in [5, 5.41) is 5.48. The van der Waals surface area contributed by atoms with Gasteiger partial charge in [-0.3, -0.25) is 0 Å². The van der Waals surface area contributed by atoms with Crippen LogP contribution in [0.2, 0.25) is 0 Å². The number of rotatable bonds is 6. The summed E-state index contributed by atoms with van der Waals surface area (Å²) in [5.74, 6) is 0. The first-order valence-electron chi connectivity index (χ1n) is 5.51. The van der Waals surface area contributed by atoms with Gasteiger partial charge in [-0.15, -0.1) is 11.3 Å². The molecule has 0 radical (unpaired) electrons. The van der Waals surface area contributed by atoms with Crippen molar-refractivity contribution in [3.63, 3.8) is 0 Å². The van der Waals surface area contributed by atoms with Crippen LogP contribution in [0, 0.1) is 0 Å². The van der Waals surface area contributed by atoms with Crippen molar-refractivity contribution in [1.29, 1.82) is 0 Å². The Hall–Kier alpha value is 0.1000. The van der Waals surface area contributed by atoms with E-state index in [0.29, 0.717) is 6.04 Å². The fourth-order valence-corrected chi connectivity index (χ4v) is 3.37. The minimum Gasteiger partial charge on any atom is -0.377 e. The summed E-state index contributed by atoms with van der Waals surface area (Å²) < 4.78 is 6.86. The van der Waals surface area contributed by atoms with Crippen LogP contribution in [-0.2, 0) is 11.2 Å². The second-order valence-electron chi connectivity index (χ2n) is 4.11. The number of halogens is 1. The summed E-state index contributed by atoms with van der Waals surface area (Å²) in [7, 11) is 3.79. The molecule has 0 fully saturated rings. The van der Waals surface area contributed by atoms with Crippen molar-refractivity contribution in [1.82, 2.24) is 5.32 Å². The third kappa shape index (κ3) is 3.06. The molecular formula is C12H20BrNOS. The molecule has 1 aromatic rings. The van der Waals surface area contributed by atoms with Crippen LogP contribution in [0.15, 0.2) is 15.9 Å². The maximum Gasteiger partial charge on any atom is 0.0803 e. The van der Waals surface area contributed by atoms with Gasteiger partial charge in [0, 0.05) is 28.9 Å². The first kappa shape index (κ1) is 14.2. The van der Waals surface area contributed by atoms with Crippen LogP contribution in [0.25, 0.3) is 0 Å². The molecule has 1 N–H and O–H groups in total. The average Bonchev–Trinajstić information content (AvgIpc) is 2.70. The van der Waals surface area contributed by atoms with E-state index in [-0.39, 0.29) is 5.60 Å². The zero-order valence-corrected chi connectivity index (χ0v) is 12.7. The fourth-order valence-electron chi connectivity index (χ4n) is 1.81. The van der Waals surface area contributed by atoms with Gasteiger partial charge in [0.15, 0.2) is 0 Å². The monoisotopic (exact) mass is 305 g/mol. The summed E-state index contributed by atoms with van der Waals surface area (Å²) in [6, 6.07) is 2.43. The zero-order chi connectivity index (χ0) is 12.2. The van der Waals surface area contributed by atoms with Gasteiger partial charge in [0.05, 0.1) is 5.60 Å². The summed E-state index contributed by atoms with van der Waals surface area (Å²) in [6.45, 7) is 4.33. The second-order valence-corrected chi connectivity index (χ2v) is 5.96. The Labute approximate surface area is 111 Å². The topological polar surface area (TPSA) is 21.3 Å². The van der Waals surface area contributed by atoms with E-state index in [2.05, 4.69) is 46.5 Å². The smallest absolute Gasteiger partial charge is 0.0803 e. The molecular weight excluding hydrogens is 286 g/mol. The van der Waals surface area contributed by atoms with Gasteiger partial charge in [-0.25, -0.2) is 0 Å². The van der Waals surface area contributed by atoms with Crippen LogP contribution >= 0.6 is 27.3 Å². The zero-order valence-electron chi connectivity index (χ0n) is 10.3. The summed E-state index contributed by atoms with van der Waals surface area (Å²) in [4.78, 5) is 1.37. The Balaban J connectivity index is 2.80. The SMILES string of the molecule is CCC(C)(OC)C(Cc1sccc1Br)NC. The first-order valence-corrected chi connectivity index (χ1v) is 7.19. The number of ether oxygens (including phenoxy) is 1. The van der Waals surface area contributed by atoms with E-state index in [1.807, 2.05) is 7.05 Å². The van der Waals surface area contributed by atoms with Crippen molar-refractivity contribution in [3.8, 4) is 0 Å². The van der Waals surface area contributed by atoms with Crippen molar-refractivity contribution < 1.29 is 4.74 Å². The Bertz CT molecular complexity index is 323. The lowest BCUT2D eigenvalue weighted by molar-refractivity contribution is -0.0266. The van der Waals surface area contributed by atoms with Crippen molar-refractivity contribution in [2.24, 2.45) is 0 Å². The van der Waals surface area contributed by atoms with E-state index in [4.69, 9.17) is 4.74 Å². The average molecular weight is 306 g/mol. The van der Waals surface area contributed by atoms with Crippen LogP contribution in [0.4, 0.5) is 0 Å². The molecule has 4 heteroatoms. The molecule has 1 rings (SSSR count). The summed E-state index contributed by atoms with van der Waals surface area (Å²) in [5.41, 5.74) is -0.113. The van der Waals surface area contributed by atoms with Crippen molar-refractivity contribution in [2.75, 3.05) is 14.2 Å². The van der Waals surface area contributed by atoms with Gasteiger partial charge in [0.1, 0.15) is 0 Å². The highest BCUT2D eigenvalue weighted by molar-refractivity contribution is 9.10. The van der Waals surface area contributed by atoms with E-state index >= 15 is 0 Å². The molecule has 0 aliphatic heterocycles. The van der Waals surface area contributed by atoms with Crippen molar-refractivity contribution in [2.45, 2.75) is 38.3 Å². The van der Waals surface area contributed by atoms with Crippen LogP contribution in [0.5, 0.6) is 0 Å². The van der Waals surface area contributed by atoms with Gasteiger partial charge in [-0.2, -0.15) is 0 Å². The van der Waals surface area contributed by atoms with Crippen LogP contribution in [0.1, 0.15) is 25.1 Å². The van der Waals surface area contributed by atoms with E-state index in [9.17, 15) is 0 Å². The number of hydrogen-bond donors (Lipinski definition) is 1. The van der Waals surface area contributed by atoms with Gasteiger partial charge in [-0.05, 0) is 47.8 Å². The van der Waals surface area contributed by atoms with Crippen molar-refractivity contribution in [3.05, 3.63) is 20.8 Å². The van der Waals surface area contributed by atoms with Gasteiger partial charge >= 0.3 is 0 Å². The first-order chi connectivity index (χ1) is 7.57. The Morgan fingerprint density at radius 2 is 2.31 bits per heavy atom. The molecule has 0 spiro atoms. The molecule has 0 saturated heterocycles. The number of methoxy groups -OCH3 is 1. The van der Waals surface area contributed by atoms with Crippen LogP contribution < -0.4 is 5.32 Å². The molecule has 1 aromatic heterocycles. The van der Waals surface area contributed by atoms with Gasteiger partial charge in [0.2, 0.25) is 0 Å².